The highest BCUT2D eigenvalue weighted by Gasteiger charge is 2.47. The van der Waals surface area contributed by atoms with Crippen LogP contribution in [0.5, 0.6) is 0 Å². The molecule has 0 aromatic heterocycles. The molecule has 1 amide bonds. The monoisotopic (exact) mass is 404 g/mol. The Labute approximate surface area is 164 Å². The van der Waals surface area contributed by atoms with Crippen molar-refractivity contribution in [3.05, 3.63) is 35.4 Å². The average molecular weight is 405 g/mol. The summed E-state index contributed by atoms with van der Waals surface area (Å²) in [6.07, 6.45) is 0.443. The summed E-state index contributed by atoms with van der Waals surface area (Å²) in [5.74, 6) is 0.260. The molecule has 3 nitrogen and oxygen atoms in total. The number of nitrogens with zero attached hydrogens (tertiary/aromatic N) is 1. The average Bonchev–Trinajstić information content (AvgIpc) is 3.02. The van der Waals surface area contributed by atoms with Crippen molar-refractivity contribution in [2.24, 2.45) is 11.7 Å². The van der Waals surface area contributed by atoms with Crippen LogP contribution in [0.1, 0.15) is 56.6 Å². The molecule has 2 unspecified atom stereocenters. The molecule has 2 atom stereocenters. The molecule has 0 spiro atoms. The van der Waals surface area contributed by atoms with Crippen LogP contribution in [0.25, 0.3) is 0 Å². The molecule has 0 radical (unpaired) electrons. The summed E-state index contributed by atoms with van der Waals surface area (Å²) in [4.78, 5) is 15.4. The third-order valence-electron chi connectivity index (χ3n) is 6.11. The van der Waals surface area contributed by atoms with Gasteiger partial charge in [-0.15, -0.1) is 12.4 Å². The van der Waals surface area contributed by atoms with Crippen LogP contribution in [-0.2, 0) is 16.4 Å². The first-order valence-electron chi connectivity index (χ1n) is 9.47. The van der Waals surface area contributed by atoms with Gasteiger partial charge in [0, 0.05) is 12.6 Å². The number of likely N-dealkylation sites (tertiary alicyclic amines) is 1. The van der Waals surface area contributed by atoms with Gasteiger partial charge < -0.3 is 10.6 Å². The second kappa shape index (κ2) is 8.39. The number of hydrogen-bond donors (Lipinski definition) is 1. The molecule has 7 heteroatoms. The summed E-state index contributed by atoms with van der Waals surface area (Å²) in [6.45, 7) is 3.15. The van der Waals surface area contributed by atoms with E-state index >= 15 is 0 Å². The second-order valence-electron chi connectivity index (χ2n) is 7.87. The van der Waals surface area contributed by atoms with E-state index in [0.29, 0.717) is 31.5 Å². The van der Waals surface area contributed by atoms with Gasteiger partial charge in [0.2, 0.25) is 5.91 Å². The zero-order valence-electron chi connectivity index (χ0n) is 15.6. The minimum absolute atomic E-state index is 0. The second-order valence-corrected chi connectivity index (χ2v) is 7.87. The maximum absolute atomic E-state index is 13.6. The van der Waals surface area contributed by atoms with E-state index in [4.69, 9.17) is 5.73 Å². The number of halogens is 4. The number of rotatable bonds is 3. The number of carbonyl (C=O) groups is 1. The van der Waals surface area contributed by atoms with E-state index in [0.717, 1.165) is 31.7 Å². The van der Waals surface area contributed by atoms with Crippen LogP contribution in [-0.4, -0.2) is 29.9 Å². The first kappa shape index (κ1) is 22.0. The molecule has 2 N–H and O–H groups in total. The maximum atomic E-state index is 13.6. The number of nitrogens with two attached hydrogens (primary N) is 1. The van der Waals surface area contributed by atoms with Crippen LogP contribution < -0.4 is 5.73 Å². The quantitative estimate of drug-likeness (QED) is 0.804. The molecule has 1 saturated heterocycles. The Kier molecular flexibility index (Phi) is 6.85. The van der Waals surface area contributed by atoms with Gasteiger partial charge in [-0.05, 0) is 50.3 Å². The predicted octanol–water partition coefficient (Wildman–Crippen LogP) is 4.52. The minimum Gasteiger partial charge on any atom is -0.339 e. The lowest BCUT2D eigenvalue weighted by atomic mass is 9.68. The molecule has 0 bridgehead atoms. The van der Waals surface area contributed by atoms with Crippen LogP contribution in [0, 0.1) is 5.92 Å². The predicted molar refractivity (Wildman–Crippen MR) is 102 cm³/mol. The third-order valence-corrected chi connectivity index (χ3v) is 6.11. The Bertz CT molecular complexity index is 659. The van der Waals surface area contributed by atoms with Crippen LogP contribution in [0.4, 0.5) is 13.2 Å². The number of benzene rings is 1. The van der Waals surface area contributed by atoms with E-state index in [1.165, 1.54) is 12.1 Å². The van der Waals surface area contributed by atoms with Gasteiger partial charge in [-0.1, -0.05) is 37.5 Å². The van der Waals surface area contributed by atoms with Crippen LogP contribution in [0.15, 0.2) is 24.3 Å². The Balaban J connectivity index is 0.00000261. The van der Waals surface area contributed by atoms with E-state index < -0.39 is 17.2 Å². The van der Waals surface area contributed by atoms with Gasteiger partial charge in [-0.25, -0.2) is 0 Å². The summed E-state index contributed by atoms with van der Waals surface area (Å²) < 4.78 is 39.6. The van der Waals surface area contributed by atoms with Crippen LogP contribution in [0.2, 0.25) is 0 Å². The largest absolute Gasteiger partial charge is 0.416 e. The highest BCUT2D eigenvalue weighted by molar-refractivity contribution is 5.89. The summed E-state index contributed by atoms with van der Waals surface area (Å²) >= 11 is 0. The fourth-order valence-electron chi connectivity index (χ4n) is 4.65. The van der Waals surface area contributed by atoms with Crippen molar-refractivity contribution in [2.45, 2.75) is 63.1 Å². The number of amides is 1. The summed E-state index contributed by atoms with van der Waals surface area (Å²) in [5, 5.41) is 0. The molecule has 152 valence electrons. The fraction of sp³-hybridized carbons (Fsp3) is 0.650. The van der Waals surface area contributed by atoms with Gasteiger partial charge in [0.25, 0.3) is 0 Å². The highest BCUT2D eigenvalue weighted by atomic mass is 35.5. The van der Waals surface area contributed by atoms with Crippen molar-refractivity contribution in [2.75, 3.05) is 13.1 Å². The molecular weight excluding hydrogens is 377 g/mol. The molecule has 2 aliphatic rings. The molecule has 1 heterocycles. The van der Waals surface area contributed by atoms with Gasteiger partial charge in [0.05, 0.1) is 11.0 Å². The molecule has 2 fully saturated rings. The zero-order valence-corrected chi connectivity index (χ0v) is 16.4. The Hall–Kier alpha value is -1.27. The first-order valence-corrected chi connectivity index (χ1v) is 9.47. The van der Waals surface area contributed by atoms with Gasteiger partial charge >= 0.3 is 6.18 Å². The molecular formula is C20H28ClF3N2O. The lowest BCUT2D eigenvalue weighted by molar-refractivity contribution is -0.141. The number of alkyl halides is 3. The normalized spacial score (nSPS) is 25.1. The van der Waals surface area contributed by atoms with Gasteiger partial charge in [0.15, 0.2) is 0 Å². The van der Waals surface area contributed by atoms with Crippen LogP contribution in [0.3, 0.4) is 0 Å². The highest BCUT2D eigenvalue weighted by Crippen LogP contribution is 2.44. The van der Waals surface area contributed by atoms with Crippen molar-refractivity contribution < 1.29 is 18.0 Å². The summed E-state index contributed by atoms with van der Waals surface area (Å²) in [7, 11) is 0. The van der Waals surface area contributed by atoms with Crippen molar-refractivity contribution in [1.82, 2.24) is 4.90 Å². The molecule has 1 aliphatic heterocycles. The Morgan fingerprint density at radius 1 is 1.26 bits per heavy atom. The Morgan fingerprint density at radius 3 is 2.48 bits per heavy atom. The van der Waals surface area contributed by atoms with E-state index in [2.05, 4.69) is 0 Å². The molecule has 1 aliphatic carbocycles. The number of carbonyl (C=O) groups excluding carboxylic acids is 1. The van der Waals surface area contributed by atoms with Gasteiger partial charge in [0.1, 0.15) is 0 Å². The van der Waals surface area contributed by atoms with Crippen molar-refractivity contribution >= 4 is 18.3 Å². The van der Waals surface area contributed by atoms with Crippen LogP contribution >= 0.6 is 12.4 Å². The SMILES string of the molecule is CC1CC(CN)CN1C(=O)C1(c2cccc(C(F)(F)F)c2)CCCCC1.Cl. The molecule has 3 rings (SSSR count). The third kappa shape index (κ3) is 4.27. The fourth-order valence-corrected chi connectivity index (χ4v) is 4.65. The van der Waals surface area contributed by atoms with Crippen molar-refractivity contribution in [3.8, 4) is 0 Å². The smallest absolute Gasteiger partial charge is 0.339 e. The lowest BCUT2D eigenvalue weighted by Gasteiger charge is -2.40. The zero-order chi connectivity index (χ0) is 18.9. The van der Waals surface area contributed by atoms with E-state index in [-0.39, 0.29) is 30.3 Å². The molecule has 27 heavy (non-hydrogen) atoms. The number of hydrogen-bond acceptors (Lipinski definition) is 2. The standard InChI is InChI=1S/C20H27F3N2O.ClH/c1-14-10-15(12-24)13-25(14)18(26)19(8-3-2-4-9-19)16-6-5-7-17(11-16)20(21,22)23;/h5-7,11,14-15H,2-4,8-10,12-13,24H2,1H3;1H. The molecule has 1 aromatic carbocycles. The minimum atomic E-state index is -4.40. The van der Waals surface area contributed by atoms with E-state index in [9.17, 15) is 18.0 Å². The summed E-state index contributed by atoms with van der Waals surface area (Å²) in [5.41, 5.74) is 4.79. The Morgan fingerprint density at radius 2 is 1.93 bits per heavy atom. The van der Waals surface area contributed by atoms with Crippen molar-refractivity contribution in [1.29, 1.82) is 0 Å². The lowest BCUT2D eigenvalue weighted by Crippen LogP contribution is -2.49. The first-order chi connectivity index (χ1) is 12.3. The van der Waals surface area contributed by atoms with E-state index in [1.807, 2.05) is 11.8 Å². The maximum Gasteiger partial charge on any atom is 0.416 e. The van der Waals surface area contributed by atoms with E-state index in [1.54, 1.807) is 6.07 Å². The topological polar surface area (TPSA) is 46.3 Å². The van der Waals surface area contributed by atoms with Gasteiger partial charge in [-0.3, -0.25) is 4.79 Å². The molecule has 1 aromatic rings. The summed E-state index contributed by atoms with van der Waals surface area (Å²) in [6, 6.07) is 5.47. The van der Waals surface area contributed by atoms with Gasteiger partial charge in [-0.2, -0.15) is 13.2 Å². The van der Waals surface area contributed by atoms with Crippen molar-refractivity contribution in [3.63, 3.8) is 0 Å². The molecule has 1 saturated carbocycles.